The predicted molar refractivity (Wildman–Crippen MR) is 135 cm³/mol. The third-order valence-corrected chi connectivity index (χ3v) is 6.43. The number of fused-ring (bicyclic) bond motifs is 2. The number of carbonyl (C=O) groups excluding carboxylic acids is 1. The zero-order valence-electron chi connectivity index (χ0n) is 18.4. The summed E-state index contributed by atoms with van der Waals surface area (Å²) in [6.07, 6.45) is 0. The summed E-state index contributed by atoms with van der Waals surface area (Å²) < 4.78 is 12.3. The van der Waals surface area contributed by atoms with Crippen molar-refractivity contribution in [1.82, 2.24) is 4.98 Å². The van der Waals surface area contributed by atoms with Crippen LogP contribution in [0.15, 0.2) is 75.6 Å². The average molecular weight is 501 g/mol. The van der Waals surface area contributed by atoms with Gasteiger partial charge in [0.25, 0.3) is 5.91 Å². The van der Waals surface area contributed by atoms with E-state index >= 15 is 0 Å². The fourth-order valence-corrected chi connectivity index (χ4v) is 4.76. The maximum Gasteiger partial charge on any atom is 0.259 e. The van der Waals surface area contributed by atoms with Crippen molar-refractivity contribution in [2.24, 2.45) is 0 Å². The van der Waals surface area contributed by atoms with Gasteiger partial charge in [-0.15, -0.1) is 0 Å². The van der Waals surface area contributed by atoms with E-state index in [1.807, 2.05) is 61.5 Å². The number of methoxy groups -OCH3 is 1. The zero-order valence-corrected chi connectivity index (χ0v) is 20.0. The van der Waals surface area contributed by atoms with Gasteiger partial charge in [-0.05, 0) is 76.4 Å². The number of ether oxygens (including phenoxy) is 1. The third-order valence-electron chi connectivity index (χ3n) is 5.65. The monoisotopic (exact) mass is 500 g/mol. The number of halogens is 1. The molecule has 5 rings (SSSR count). The van der Waals surface area contributed by atoms with Crippen molar-refractivity contribution in [3.63, 3.8) is 0 Å². The van der Waals surface area contributed by atoms with Crippen molar-refractivity contribution >= 4 is 49.4 Å². The molecular weight excluding hydrogens is 480 g/mol. The van der Waals surface area contributed by atoms with Gasteiger partial charge in [-0.1, -0.05) is 42.0 Å². The van der Waals surface area contributed by atoms with E-state index in [1.165, 1.54) is 5.56 Å². The second-order valence-electron chi connectivity index (χ2n) is 7.97. The molecule has 4 aromatic carbocycles. The number of aromatic nitrogens is 1. The van der Waals surface area contributed by atoms with Gasteiger partial charge in [0.1, 0.15) is 11.3 Å². The molecule has 0 bridgehead atoms. The lowest BCUT2D eigenvalue weighted by Gasteiger charge is -2.13. The molecule has 0 saturated heterocycles. The number of anilines is 1. The number of amides is 1. The van der Waals surface area contributed by atoms with Gasteiger partial charge in [-0.2, -0.15) is 0 Å². The highest BCUT2D eigenvalue weighted by Crippen LogP contribution is 2.37. The first kappa shape index (κ1) is 21.2. The number of hydrogen-bond donors (Lipinski definition) is 1. The van der Waals surface area contributed by atoms with Crippen LogP contribution in [0, 0.1) is 13.8 Å². The summed E-state index contributed by atoms with van der Waals surface area (Å²) in [5.74, 6) is 0.785. The van der Waals surface area contributed by atoms with Gasteiger partial charge in [0.05, 0.1) is 17.1 Å². The molecule has 164 valence electrons. The number of rotatable bonds is 4. The molecule has 33 heavy (non-hydrogen) atoms. The number of nitrogens with zero attached hydrogens (tertiary/aromatic N) is 1. The van der Waals surface area contributed by atoms with Crippen LogP contribution in [0.4, 0.5) is 5.69 Å². The first-order valence-corrected chi connectivity index (χ1v) is 11.3. The van der Waals surface area contributed by atoms with Crippen molar-refractivity contribution in [2.75, 3.05) is 12.4 Å². The van der Waals surface area contributed by atoms with Crippen LogP contribution in [-0.2, 0) is 0 Å². The lowest BCUT2D eigenvalue weighted by Crippen LogP contribution is -2.13. The molecule has 0 atom stereocenters. The Morgan fingerprint density at radius 2 is 1.85 bits per heavy atom. The number of carbonyl (C=O) groups is 1. The maximum atomic E-state index is 13.2. The van der Waals surface area contributed by atoms with E-state index in [1.54, 1.807) is 13.2 Å². The lowest BCUT2D eigenvalue weighted by atomic mass is 10.1. The van der Waals surface area contributed by atoms with E-state index in [9.17, 15) is 4.79 Å². The Morgan fingerprint density at radius 3 is 2.64 bits per heavy atom. The fourth-order valence-electron chi connectivity index (χ4n) is 4.02. The van der Waals surface area contributed by atoms with E-state index in [0.29, 0.717) is 34.0 Å². The van der Waals surface area contributed by atoms with Crippen LogP contribution >= 0.6 is 15.9 Å². The molecule has 0 saturated carbocycles. The molecule has 1 N–H and O–H groups in total. The van der Waals surface area contributed by atoms with Crippen molar-refractivity contribution in [3.8, 4) is 17.2 Å². The quantitative estimate of drug-likeness (QED) is 0.281. The normalized spacial score (nSPS) is 11.2. The number of benzene rings is 4. The molecule has 0 spiro atoms. The molecule has 0 aliphatic carbocycles. The van der Waals surface area contributed by atoms with Crippen molar-refractivity contribution in [1.29, 1.82) is 0 Å². The van der Waals surface area contributed by atoms with Crippen LogP contribution in [0.2, 0.25) is 0 Å². The highest BCUT2D eigenvalue weighted by atomic mass is 79.9. The van der Waals surface area contributed by atoms with Gasteiger partial charge in [0.15, 0.2) is 5.58 Å². The Balaban J connectivity index is 1.49. The van der Waals surface area contributed by atoms with Gasteiger partial charge in [0, 0.05) is 11.3 Å². The number of nitrogens with one attached hydrogen (secondary N) is 1. The molecule has 5 nitrogen and oxygen atoms in total. The molecular formula is C27H21BrN2O3. The lowest BCUT2D eigenvalue weighted by molar-refractivity contribution is 0.102. The summed E-state index contributed by atoms with van der Waals surface area (Å²) in [7, 11) is 1.56. The summed E-state index contributed by atoms with van der Waals surface area (Å²) in [6.45, 7) is 4.10. The highest BCUT2D eigenvalue weighted by Gasteiger charge is 2.19. The standard InChI is InChI=1S/C27H21BrN2O3/c1-15-8-10-19(16(2)12-15)27-30-22-14-18(9-11-23(22)33-27)29-26(31)21-13-17-6-4-5-7-20(17)24(28)25(21)32-3/h4-14H,1-3H3,(H,29,31). The van der Waals surface area contributed by atoms with Crippen molar-refractivity contribution in [2.45, 2.75) is 13.8 Å². The Bertz CT molecular complexity index is 1540. The highest BCUT2D eigenvalue weighted by molar-refractivity contribution is 9.10. The second kappa shape index (κ2) is 8.37. The van der Waals surface area contributed by atoms with Crippen molar-refractivity contribution < 1.29 is 13.9 Å². The Hall–Kier alpha value is -3.64. The number of hydrogen-bond acceptors (Lipinski definition) is 4. The molecule has 0 aliphatic heterocycles. The molecule has 6 heteroatoms. The van der Waals surface area contributed by atoms with Crippen LogP contribution < -0.4 is 10.1 Å². The van der Waals surface area contributed by atoms with Crippen LogP contribution in [-0.4, -0.2) is 18.0 Å². The minimum atomic E-state index is -0.268. The molecule has 0 fully saturated rings. The molecule has 1 heterocycles. The SMILES string of the molecule is COc1c(C(=O)Nc2ccc3oc(-c4ccc(C)cc4C)nc3c2)cc2ccccc2c1Br. The molecule has 1 aromatic heterocycles. The Labute approximate surface area is 199 Å². The third kappa shape index (κ3) is 3.87. The summed E-state index contributed by atoms with van der Waals surface area (Å²) in [5.41, 5.74) is 5.65. The van der Waals surface area contributed by atoms with Crippen LogP contribution in [0.3, 0.4) is 0 Å². The minimum Gasteiger partial charge on any atom is -0.495 e. The predicted octanol–water partition coefficient (Wildman–Crippen LogP) is 7.29. The first-order valence-electron chi connectivity index (χ1n) is 10.5. The van der Waals surface area contributed by atoms with E-state index in [4.69, 9.17) is 9.15 Å². The molecule has 0 unspecified atom stereocenters. The van der Waals surface area contributed by atoms with Crippen LogP contribution in [0.25, 0.3) is 33.3 Å². The van der Waals surface area contributed by atoms with Crippen LogP contribution in [0.5, 0.6) is 5.75 Å². The van der Waals surface area contributed by atoms with Gasteiger partial charge in [0.2, 0.25) is 5.89 Å². The summed E-state index contributed by atoms with van der Waals surface area (Å²) in [6, 6.07) is 21.3. The second-order valence-corrected chi connectivity index (χ2v) is 8.76. The van der Waals surface area contributed by atoms with E-state index in [2.05, 4.69) is 39.2 Å². The van der Waals surface area contributed by atoms with Crippen molar-refractivity contribution in [3.05, 3.63) is 87.9 Å². The smallest absolute Gasteiger partial charge is 0.259 e. The van der Waals surface area contributed by atoms with Crippen LogP contribution in [0.1, 0.15) is 21.5 Å². The van der Waals surface area contributed by atoms with Gasteiger partial charge in [-0.25, -0.2) is 4.98 Å². The topological polar surface area (TPSA) is 64.4 Å². The molecule has 0 radical (unpaired) electrons. The van der Waals surface area contributed by atoms with E-state index in [0.717, 1.165) is 26.4 Å². The van der Waals surface area contributed by atoms with Gasteiger partial charge >= 0.3 is 0 Å². The van der Waals surface area contributed by atoms with Gasteiger partial charge < -0.3 is 14.5 Å². The molecule has 5 aromatic rings. The minimum absolute atomic E-state index is 0.268. The fraction of sp³-hybridized carbons (Fsp3) is 0.111. The van der Waals surface area contributed by atoms with E-state index in [-0.39, 0.29) is 5.91 Å². The van der Waals surface area contributed by atoms with E-state index < -0.39 is 0 Å². The summed E-state index contributed by atoms with van der Waals surface area (Å²) >= 11 is 3.59. The Morgan fingerprint density at radius 1 is 1.03 bits per heavy atom. The zero-order chi connectivity index (χ0) is 23.1. The number of oxazole rings is 1. The summed E-state index contributed by atoms with van der Waals surface area (Å²) in [4.78, 5) is 17.8. The van der Waals surface area contributed by atoms with Gasteiger partial charge in [-0.3, -0.25) is 4.79 Å². The number of aryl methyl sites for hydroxylation is 2. The maximum absolute atomic E-state index is 13.2. The summed E-state index contributed by atoms with van der Waals surface area (Å²) in [5, 5.41) is 4.89. The Kier molecular flexibility index (Phi) is 5.38. The largest absolute Gasteiger partial charge is 0.495 e. The molecule has 0 aliphatic rings. The molecule has 1 amide bonds. The average Bonchev–Trinajstić information content (AvgIpc) is 3.22. The first-order chi connectivity index (χ1) is 15.9.